The molecule has 0 aromatic heterocycles. The molecule has 1 atom stereocenters. The van der Waals surface area contributed by atoms with Crippen LogP contribution in [0.5, 0.6) is 0 Å². The molecule has 1 nitrogen and oxygen atoms in total. The van der Waals surface area contributed by atoms with E-state index in [0.29, 0.717) is 5.54 Å². The van der Waals surface area contributed by atoms with E-state index in [1.165, 1.54) is 29.6 Å². The third kappa shape index (κ3) is 12.2. The first-order valence-corrected chi connectivity index (χ1v) is 13.4. The smallest absolute Gasteiger partial charge is 0.0614 e. The predicted octanol–water partition coefficient (Wildman–Crippen LogP) is 7.44. The van der Waals surface area contributed by atoms with Crippen LogP contribution in [-0.4, -0.2) is 19.8 Å². The van der Waals surface area contributed by atoms with Crippen LogP contribution >= 0.6 is 0 Å². The molecule has 0 aromatic rings. The topological polar surface area (TPSA) is 20.2 Å². The molecule has 0 amide bonds. The van der Waals surface area contributed by atoms with E-state index >= 15 is 0 Å². The van der Waals surface area contributed by atoms with Crippen molar-refractivity contribution in [2.24, 2.45) is 0 Å². The predicted molar refractivity (Wildman–Crippen MR) is 118 cm³/mol. The van der Waals surface area contributed by atoms with Gasteiger partial charge in [0.1, 0.15) is 0 Å². The highest BCUT2D eigenvalue weighted by Gasteiger charge is 2.27. The summed E-state index contributed by atoms with van der Waals surface area (Å²) in [6.45, 7) is 18.6. The Balaban J connectivity index is 4.78. The Hall–Kier alpha value is -0.863. The zero-order valence-electron chi connectivity index (χ0n) is 18.1. The lowest BCUT2D eigenvalue weighted by Gasteiger charge is -2.30. The molecule has 0 fully saturated rings. The fourth-order valence-corrected chi connectivity index (χ4v) is 5.75. The Morgan fingerprint density at radius 1 is 0.840 bits per heavy atom. The molecule has 0 bridgehead atoms. The van der Waals surface area contributed by atoms with E-state index < -0.39 is 8.07 Å². The van der Waals surface area contributed by atoms with Crippen LogP contribution < -0.4 is 0 Å². The van der Waals surface area contributed by atoms with Gasteiger partial charge >= 0.3 is 0 Å². The first kappa shape index (κ1) is 24.1. The molecule has 25 heavy (non-hydrogen) atoms. The van der Waals surface area contributed by atoms with E-state index in [4.69, 9.17) is 5.11 Å². The number of aliphatic hydroxyl groups is 1. The molecule has 0 spiro atoms. The molecule has 1 N–H and O–H groups in total. The van der Waals surface area contributed by atoms with Gasteiger partial charge in [0.2, 0.25) is 0 Å². The van der Waals surface area contributed by atoms with E-state index in [9.17, 15) is 0 Å². The van der Waals surface area contributed by atoms with Gasteiger partial charge in [0.05, 0.1) is 14.7 Å². The molecule has 2 heteroatoms. The zero-order chi connectivity index (χ0) is 19.5. The second-order valence-corrected chi connectivity index (χ2v) is 14.2. The lowest BCUT2D eigenvalue weighted by atomic mass is 10.0. The molecule has 0 rings (SSSR count). The van der Waals surface area contributed by atoms with E-state index in [-0.39, 0.29) is 6.61 Å². The quantitative estimate of drug-likeness (QED) is 0.299. The maximum atomic E-state index is 9.04. The van der Waals surface area contributed by atoms with Crippen LogP contribution in [0.15, 0.2) is 46.6 Å². The van der Waals surface area contributed by atoms with E-state index in [1.807, 2.05) is 6.08 Å². The maximum absolute atomic E-state index is 9.04. The zero-order valence-corrected chi connectivity index (χ0v) is 19.1. The van der Waals surface area contributed by atoms with Gasteiger partial charge in [-0.1, -0.05) is 66.2 Å². The molecule has 0 radical (unpaired) electrons. The van der Waals surface area contributed by atoms with Crippen molar-refractivity contribution in [1.29, 1.82) is 0 Å². The van der Waals surface area contributed by atoms with Crippen molar-refractivity contribution < 1.29 is 5.11 Å². The maximum Gasteiger partial charge on any atom is 0.0614 e. The van der Waals surface area contributed by atoms with Gasteiger partial charge in [0.25, 0.3) is 0 Å². The summed E-state index contributed by atoms with van der Waals surface area (Å²) >= 11 is 0. The van der Waals surface area contributed by atoms with Crippen molar-refractivity contribution in [3.63, 3.8) is 0 Å². The van der Waals surface area contributed by atoms with Gasteiger partial charge in [0.15, 0.2) is 0 Å². The normalized spacial score (nSPS) is 15.3. The Bertz CT molecular complexity index is 497. The van der Waals surface area contributed by atoms with Crippen LogP contribution in [-0.2, 0) is 0 Å². The third-order valence-corrected chi connectivity index (χ3v) is 7.69. The standard InChI is InChI=1S/C23H42OSi/c1-19(2)11-9-12-20(3)13-10-14-22(5)23(25(6,7)8)16-15-21(4)17-18-24/h11,13-14,17,23-24H,9-10,12,15-16,18H2,1-8H3/b20-13+,21-17+,22-14+. The molecule has 0 aliphatic rings. The Kier molecular flexibility index (Phi) is 12.1. The third-order valence-electron chi connectivity index (χ3n) is 4.86. The summed E-state index contributed by atoms with van der Waals surface area (Å²) in [4.78, 5) is 0. The van der Waals surface area contributed by atoms with Gasteiger partial charge in [-0.3, -0.25) is 0 Å². The molecule has 0 saturated heterocycles. The minimum Gasteiger partial charge on any atom is -0.392 e. The van der Waals surface area contributed by atoms with E-state index in [0.717, 1.165) is 19.3 Å². The molecular formula is C23H42OSi. The van der Waals surface area contributed by atoms with Crippen LogP contribution in [0.3, 0.4) is 0 Å². The lowest BCUT2D eigenvalue weighted by molar-refractivity contribution is 0.341. The molecule has 0 aromatic carbocycles. The largest absolute Gasteiger partial charge is 0.392 e. The monoisotopic (exact) mass is 362 g/mol. The average Bonchev–Trinajstić information content (AvgIpc) is 2.45. The fourth-order valence-electron chi connectivity index (χ4n) is 3.25. The van der Waals surface area contributed by atoms with Crippen LogP contribution in [0.2, 0.25) is 25.2 Å². The molecule has 1 unspecified atom stereocenters. The summed E-state index contributed by atoms with van der Waals surface area (Å²) in [5, 5.41) is 9.04. The molecule has 0 heterocycles. The van der Waals surface area contributed by atoms with Crippen molar-refractivity contribution in [1.82, 2.24) is 0 Å². The second-order valence-electron chi connectivity index (χ2n) is 8.74. The van der Waals surface area contributed by atoms with Crippen molar-refractivity contribution in [3.05, 3.63) is 46.6 Å². The molecule has 0 saturated carbocycles. The first-order chi connectivity index (χ1) is 11.6. The Labute approximate surface area is 158 Å². The van der Waals surface area contributed by atoms with Gasteiger partial charge in [-0.05, 0) is 72.3 Å². The lowest BCUT2D eigenvalue weighted by Crippen LogP contribution is -2.29. The van der Waals surface area contributed by atoms with E-state index in [2.05, 4.69) is 72.5 Å². The fraction of sp³-hybridized carbons (Fsp3) is 0.652. The summed E-state index contributed by atoms with van der Waals surface area (Å²) in [5.41, 5.74) is 6.49. The van der Waals surface area contributed by atoms with Gasteiger partial charge < -0.3 is 5.11 Å². The highest BCUT2D eigenvalue weighted by molar-refractivity contribution is 6.78. The van der Waals surface area contributed by atoms with E-state index in [1.54, 1.807) is 5.57 Å². The van der Waals surface area contributed by atoms with Crippen LogP contribution in [0.4, 0.5) is 0 Å². The summed E-state index contributed by atoms with van der Waals surface area (Å²) in [7, 11) is -1.24. The number of hydrogen-bond donors (Lipinski definition) is 1. The van der Waals surface area contributed by atoms with Crippen LogP contribution in [0, 0.1) is 0 Å². The molecule has 144 valence electrons. The van der Waals surface area contributed by atoms with Crippen molar-refractivity contribution in [2.45, 2.75) is 91.9 Å². The van der Waals surface area contributed by atoms with Crippen molar-refractivity contribution in [2.75, 3.05) is 6.61 Å². The average molecular weight is 363 g/mol. The first-order valence-electron chi connectivity index (χ1n) is 9.80. The van der Waals surface area contributed by atoms with Crippen LogP contribution in [0.25, 0.3) is 0 Å². The molecule has 0 aliphatic carbocycles. The summed E-state index contributed by atoms with van der Waals surface area (Å²) < 4.78 is 0. The van der Waals surface area contributed by atoms with Crippen molar-refractivity contribution in [3.8, 4) is 0 Å². The molecular weight excluding hydrogens is 320 g/mol. The van der Waals surface area contributed by atoms with Gasteiger partial charge in [-0.2, -0.15) is 0 Å². The highest BCUT2D eigenvalue weighted by atomic mass is 28.3. The second kappa shape index (κ2) is 12.5. The highest BCUT2D eigenvalue weighted by Crippen LogP contribution is 2.35. The summed E-state index contributed by atoms with van der Waals surface area (Å²) in [6.07, 6.45) is 14.8. The van der Waals surface area contributed by atoms with Crippen LogP contribution in [0.1, 0.15) is 66.7 Å². The molecule has 0 aliphatic heterocycles. The number of hydrogen-bond acceptors (Lipinski definition) is 1. The summed E-state index contributed by atoms with van der Waals surface area (Å²) in [5.74, 6) is 0. The van der Waals surface area contributed by atoms with Gasteiger partial charge in [0, 0.05) is 0 Å². The Morgan fingerprint density at radius 3 is 1.96 bits per heavy atom. The van der Waals surface area contributed by atoms with Gasteiger partial charge in [-0.15, -0.1) is 0 Å². The number of rotatable bonds is 11. The SMILES string of the molecule is CC(C)=CCC/C(C)=C/C/C=C(\C)C(CC/C(C)=C/CO)[Si](C)(C)C. The number of aliphatic hydroxyl groups excluding tert-OH is 1. The Morgan fingerprint density at radius 2 is 1.44 bits per heavy atom. The number of allylic oxidation sites excluding steroid dienone is 7. The van der Waals surface area contributed by atoms with Crippen molar-refractivity contribution >= 4 is 8.07 Å². The summed E-state index contributed by atoms with van der Waals surface area (Å²) in [6, 6.07) is 0. The minimum atomic E-state index is -1.24. The minimum absolute atomic E-state index is 0.162. The van der Waals surface area contributed by atoms with Gasteiger partial charge in [-0.25, -0.2) is 0 Å².